The van der Waals surface area contributed by atoms with E-state index in [1.54, 1.807) is 63.0 Å². The monoisotopic (exact) mass is 2180 g/mol. The number of unbranched alkanes of at least 4 members (excludes halogenated alkanes) is 2. The summed E-state index contributed by atoms with van der Waals surface area (Å²) in [4.78, 5) is 100. The Kier molecular flexibility index (Phi) is 42.2. The number of ketones is 3. The van der Waals surface area contributed by atoms with Crippen LogP contribution in [0.25, 0.3) is 67.2 Å². The summed E-state index contributed by atoms with van der Waals surface area (Å²) in [5.41, 5.74) is 22.5. The molecule has 12 aromatic rings. The zero-order valence-electron chi connectivity index (χ0n) is 86.7. The van der Waals surface area contributed by atoms with Crippen molar-refractivity contribution in [1.29, 1.82) is 15.8 Å². The number of hydrogen-bond acceptors (Lipinski definition) is 29. The molecule has 37 heteroatoms. The molecule has 9 heterocycles. The SMILES string of the molecule is COc1nc(-c2cccc(-c3cccc(CC(=O)c4cc(C#N)c5c(n4)CN(CCO)CC5)c3Cl)c2Cl)cnc1CCCCO.COc1nc(-c2cccc(-c3cccc(CC(=O)c4cc(C#N)c5c(n4)CN(CCO[Si](C)(C)C(C)(C)C)CC5)c3Cl)c2Cl)cnc1C=O.COc1nc(-c2cccc(-c3cccc(CC(=O)c4cc(C#N)c5c(n4)CN(CCO[Si](C)(C)C(C)(C)C)CC5)c3Cl)c2Cl)cnc1CCCCO.NCCO. The first-order valence-electron chi connectivity index (χ1n) is 49.7. The lowest BCUT2D eigenvalue weighted by Crippen LogP contribution is -2.43. The molecular formula is C113H126Cl6N16O13Si2. The molecule has 0 saturated heterocycles. The van der Waals surface area contributed by atoms with Crippen LogP contribution in [0.1, 0.15) is 188 Å². The third kappa shape index (κ3) is 28.8. The zero-order chi connectivity index (χ0) is 108. The highest BCUT2D eigenvalue weighted by molar-refractivity contribution is 6.74. The number of benzene rings is 6. The molecule has 3 aliphatic heterocycles. The number of nitriles is 3. The van der Waals surface area contributed by atoms with Crippen LogP contribution in [0.3, 0.4) is 0 Å². The van der Waals surface area contributed by atoms with Crippen LogP contribution in [-0.4, -0.2) is 227 Å². The number of methoxy groups -OCH3 is 3. The predicted octanol–water partition coefficient (Wildman–Crippen LogP) is 20.9. The molecule has 0 saturated carbocycles. The second-order valence-corrected chi connectivity index (χ2v) is 51.4. The van der Waals surface area contributed by atoms with Gasteiger partial charge in [-0.25, -0.2) is 34.9 Å². The van der Waals surface area contributed by atoms with E-state index in [0.29, 0.717) is 257 Å². The summed E-state index contributed by atoms with van der Waals surface area (Å²) in [5, 5.41) is 67.8. The number of aryl methyl sites for hydroxylation is 2. The number of pyridine rings is 3. The largest absolute Gasteiger partial charge is 0.480 e. The Bertz CT molecular complexity index is 7030. The molecule has 0 amide bonds. The molecule has 786 valence electrons. The number of aldehydes is 1. The van der Waals surface area contributed by atoms with Crippen molar-refractivity contribution >= 4 is 110 Å². The first-order chi connectivity index (χ1) is 71.8. The Morgan fingerprint density at radius 2 is 0.707 bits per heavy atom. The third-order valence-electron chi connectivity index (χ3n) is 27.6. The summed E-state index contributed by atoms with van der Waals surface area (Å²) in [6.45, 7) is 30.3. The van der Waals surface area contributed by atoms with Crippen LogP contribution in [0, 0.1) is 34.0 Å². The number of ether oxygens (including phenoxy) is 3. The minimum Gasteiger partial charge on any atom is -0.480 e. The molecule has 0 bridgehead atoms. The normalized spacial score (nSPS) is 13.1. The lowest BCUT2D eigenvalue weighted by Gasteiger charge is -2.37. The lowest BCUT2D eigenvalue weighted by molar-refractivity contribution is 0.0979. The standard InChI is InChI=1S/C40H47Cl2N5O4Si.C37H39Cl2N5O4Si.C34H33Cl2N5O4.C2H7NO/c1-40(2,3)52(5,6)51-20-18-47-17-16-28-27(23-43)21-33(45-35(28)25-47)36(49)22-26-11-9-12-29(37(26)41)30-13-10-14-31(38(30)42)34-24-44-32(15-7-8-19-48)39(46-34)50-4;1-37(2,3)49(5,6)48-16-15-44-14-13-25-24(19-40)17-29(42-31(25)21-44)33(46)18-23-9-7-10-26(34(23)38)27-11-8-12-28(35(27)39)30-20-41-32(22-45)36(43-30)47-4;1-45-34-27(10-2-3-14-42)38-19-29(40-34)26-9-5-8-25(33(26)36)24-7-4-6-21(32(24)35)17-31(44)28-16-22(18-37)23-11-12-41(13-15-43)20-30(23)39-28;3-1-2-4/h9-14,21,24,48H,7-8,15-20,22,25H2,1-6H3;7-12,17,20,22H,13-16,18,21H2,1-6H3;4-9,16,19,42-43H,2-3,10-15,17,20H2,1H3;4H,1-3H2. The second-order valence-electron chi connectivity index (χ2n) is 39.5. The van der Waals surface area contributed by atoms with Crippen LogP contribution >= 0.6 is 69.6 Å². The van der Waals surface area contributed by atoms with Crippen LogP contribution in [0.5, 0.6) is 17.6 Å². The zero-order valence-corrected chi connectivity index (χ0v) is 93.3. The number of nitrogens with two attached hydrogens (primary N) is 1. The van der Waals surface area contributed by atoms with Crippen molar-refractivity contribution in [1.82, 2.24) is 59.6 Å². The van der Waals surface area contributed by atoms with Gasteiger partial charge in [0.15, 0.2) is 46.0 Å². The number of carbonyl (C=O) groups is 4. The Balaban J connectivity index is 0.000000196. The molecular weight excluding hydrogens is 2060 g/mol. The van der Waals surface area contributed by atoms with Crippen LogP contribution in [0.4, 0.5) is 0 Å². The van der Waals surface area contributed by atoms with Gasteiger partial charge in [-0.15, -0.1) is 0 Å². The maximum absolute atomic E-state index is 13.8. The van der Waals surface area contributed by atoms with E-state index in [1.807, 2.05) is 91.0 Å². The van der Waals surface area contributed by atoms with Crippen LogP contribution in [0.15, 0.2) is 146 Å². The summed E-state index contributed by atoms with van der Waals surface area (Å²) in [5.74, 6) is 0.184. The number of Topliss-reactive ketones (excluding diaryl/α,β-unsaturated/α-hetero) is 3. The summed E-state index contributed by atoms with van der Waals surface area (Å²) in [6.07, 6.45) is 11.5. The van der Waals surface area contributed by atoms with Crippen molar-refractivity contribution in [3.8, 4) is 103 Å². The number of β-amino-alcohol motifs (C(OH)–C–C–N with tert-alkyl or cyclic N) is 1. The smallest absolute Gasteiger partial charge is 0.243 e. The summed E-state index contributed by atoms with van der Waals surface area (Å²) < 4.78 is 29.0. The molecule has 15 rings (SSSR count). The number of carbonyl (C=O) groups excluding carboxylic acids is 4. The van der Waals surface area contributed by atoms with Crippen molar-refractivity contribution in [3.05, 3.63) is 277 Å². The third-order valence-corrected chi connectivity index (χ3v) is 39.2. The second kappa shape index (κ2) is 54.0. The number of halogens is 6. The highest BCUT2D eigenvalue weighted by Crippen LogP contribution is 2.47. The maximum Gasteiger partial charge on any atom is 0.243 e. The fourth-order valence-electron chi connectivity index (χ4n) is 17.2. The van der Waals surface area contributed by atoms with E-state index in [2.05, 4.69) is 136 Å². The first kappa shape index (κ1) is 117. The van der Waals surface area contributed by atoms with Crippen molar-refractivity contribution in [2.75, 3.05) is 107 Å². The number of hydrogen-bond donors (Lipinski definition) is 5. The Hall–Kier alpha value is -11.7. The van der Waals surface area contributed by atoms with Crippen LogP contribution in [-0.2, 0) is 79.9 Å². The molecule has 0 spiro atoms. The van der Waals surface area contributed by atoms with Gasteiger partial charge < -0.3 is 49.2 Å². The van der Waals surface area contributed by atoms with Gasteiger partial charge >= 0.3 is 0 Å². The van der Waals surface area contributed by atoms with Crippen LogP contribution in [0.2, 0.25) is 66.4 Å². The average Bonchev–Trinajstić information content (AvgIpc) is 0.853. The number of aliphatic hydroxyl groups excluding tert-OH is 4. The van der Waals surface area contributed by atoms with Gasteiger partial charge in [-0.2, -0.15) is 15.8 Å². The highest BCUT2D eigenvalue weighted by atomic mass is 35.5. The van der Waals surface area contributed by atoms with Gasteiger partial charge in [0.05, 0.1) is 152 Å². The topological polar surface area (TPSA) is 418 Å². The van der Waals surface area contributed by atoms with E-state index in [1.165, 1.54) is 13.3 Å². The molecule has 0 fully saturated rings. The van der Waals surface area contributed by atoms with E-state index < -0.39 is 16.6 Å². The fraction of sp³-hybridized carbons (Fsp3) is 0.381. The van der Waals surface area contributed by atoms with E-state index in [9.17, 15) is 40.1 Å². The van der Waals surface area contributed by atoms with E-state index in [0.717, 1.165) is 73.6 Å². The number of aliphatic hydroxyl groups is 4. The quantitative estimate of drug-likeness (QED) is 0.0104. The van der Waals surface area contributed by atoms with Crippen molar-refractivity contribution in [3.63, 3.8) is 0 Å². The van der Waals surface area contributed by atoms with E-state index >= 15 is 0 Å². The van der Waals surface area contributed by atoms with Gasteiger partial charge in [-0.3, -0.25) is 43.8 Å². The van der Waals surface area contributed by atoms with E-state index in [4.69, 9.17) is 124 Å². The van der Waals surface area contributed by atoms with Gasteiger partial charge in [0.25, 0.3) is 0 Å². The molecule has 3 aliphatic rings. The molecule has 0 radical (unpaired) electrons. The minimum absolute atomic E-state index is 0.00508. The molecule has 6 N–H and O–H groups in total. The molecule has 29 nitrogen and oxygen atoms in total. The van der Waals surface area contributed by atoms with Gasteiger partial charge in [0.1, 0.15) is 28.5 Å². The Morgan fingerprint density at radius 1 is 0.413 bits per heavy atom. The summed E-state index contributed by atoms with van der Waals surface area (Å²) in [6, 6.07) is 44.6. The van der Waals surface area contributed by atoms with E-state index in [-0.39, 0.29) is 102 Å². The van der Waals surface area contributed by atoms with Gasteiger partial charge in [0, 0.05) is 161 Å². The number of aromatic nitrogens is 9. The average molecular weight is 2190 g/mol. The molecule has 0 aliphatic carbocycles. The van der Waals surface area contributed by atoms with Crippen molar-refractivity contribution in [2.45, 2.75) is 174 Å². The number of rotatable bonds is 38. The highest BCUT2D eigenvalue weighted by Gasteiger charge is 2.40. The van der Waals surface area contributed by atoms with Crippen molar-refractivity contribution < 1.29 is 62.7 Å². The molecule has 0 unspecified atom stereocenters. The minimum atomic E-state index is -1.86. The Labute approximate surface area is 908 Å². The molecule has 0 atom stereocenters. The van der Waals surface area contributed by atoms with Gasteiger partial charge in [0.2, 0.25) is 17.6 Å². The van der Waals surface area contributed by atoms with Gasteiger partial charge in [-0.05, 0) is 146 Å². The van der Waals surface area contributed by atoms with Crippen molar-refractivity contribution in [2.24, 2.45) is 5.73 Å². The fourth-order valence-corrected chi connectivity index (χ4v) is 21.1. The number of nitrogens with zero attached hydrogens (tertiary/aromatic N) is 15. The lowest BCUT2D eigenvalue weighted by atomic mass is 9.95. The first-order valence-corrected chi connectivity index (χ1v) is 57.8. The number of fused-ring (bicyclic) bond motifs is 3. The molecule has 6 aromatic carbocycles. The predicted molar refractivity (Wildman–Crippen MR) is 591 cm³/mol. The summed E-state index contributed by atoms with van der Waals surface area (Å²) >= 11 is 41.8. The summed E-state index contributed by atoms with van der Waals surface area (Å²) in [7, 11) is 0.777. The Morgan fingerprint density at radius 3 is 0.993 bits per heavy atom. The van der Waals surface area contributed by atoms with Crippen LogP contribution < -0.4 is 19.9 Å². The molecule has 6 aromatic heterocycles. The molecule has 150 heavy (non-hydrogen) atoms. The maximum atomic E-state index is 13.8. The van der Waals surface area contributed by atoms with Gasteiger partial charge in [-0.1, -0.05) is 220 Å².